The van der Waals surface area contributed by atoms with Crippen LogP contribution in [0, 0.1) is 0 Å². The summed E-state index contributed by atoms with van der Waals surface area (Å²) in [5.74, 6) is -0.876. The number of furan rings is 1. The third kappa shape index (κ3) is 4.97. The number of hydrogen-bond acceptors (Lipinski definition) is 4. The van der Waals surface area contributed by atoms with Crippen molar-refractivity contribution in [1.29, 1.82) is 0 Å². The minimum Gasteiger partial charge on any atom is -0.449 e. The van der Waals surface area contributed by atoms with Crippen LogP contribution in [-0.2, 0) is 16.0 Å². The van der Waals surface area contributed by atoms with Gasteiger partial charge in [-0.05, 0) is 44.4 Å². The van der Waals surface area contributed by atoms with Crippen LogP contribution in [0.1, 0.15) is 36.4 Å². The van der Waals surface area contributed by atoms with Gasteiger partial charge in [-0.25, -0.2) is 4.79 Å². The molecule has 0 saturated carbocycles. The number of carbonyl (C=O) groups excluding carboxylic acids is 2. The molecule has 3 rings (SSSR count). The number of hydrogen-bond donors (Lipinski definition) is 1. The summed E-state index contributed by atoms with van der Waals surface area (Å²) >= 11 is 0. The highest BCUT2D eigenvalue weighted by Crippen LogP contribution is 2.19. The second kappa shape index (κ2) is 8.54. The zero-order chi connectivity index (χ0) is 19.2. The number of benzene rings is 2. The first-order chi connectivity index (χ1) is 13.0. The Bertz CT molecular complexity index is 883. The number of fused-ring (bicyclic) bond motifs is 1. The summed E-state index contributed by atoms with van der Waals surface area (Å²) in [7, 11) is 0. The number of carbonyl (C=O) groups is 2. The van der Waals surface area contributed by atoms with Crippen LogP contribution in [0.2, 0.25) is 0 Å². The summed E-state index contributed by atoms with van der Waals surface area (Å²) < 4.78 is 10.7. The van der Waals surface area contributed by atoms with Gasteiger partial charge in [-0.2, -0.15) is 0 Å². The molecule has 1 heterocycles. The maximum Gasteiger partial charge on any atom is 0.375 e. The molecule has 3 aromatic rings. The minimum atomic E-state index is -0.898. The van der Waals surface area contributed by atoms with Crippen LogP contribution in [-0.4, -0.2) is 24.0 Å². The zero-order valence-electron chi connectivity index (χ0n) is 15.5. The Morgan fingerprint density at radius 2 is 1.74 bits per heavy atom. The second-order valence-electron chi connectivity index (χ2n) is 6.63. The van der Waals surface area contributed by atoms with Crippen LogP contribution < -0.4 is 5.32 Å². The average molecular weight is 365 g/mol. The van der Waals surface area contributed by atoms with E-state index in [4.69, 9.17) is 9.15 Å². The van der Waals surface area contributed by atoms with E-state index in [2.05, 4.69) is 17.4 Å². The smallest absolute Gasteiger partial charge is 0.375 e. The van der Waals surface area contributed by atoms with Crippen molar-refractivity contribution in [2.75, 3.05) is 0 Å². The fourth-order valence-electron chi connectivity index (χ4n) is 2.81. The molecule has 0 unspecified atom stereocenters. The van der Waals surface area contributed by atoms with Crippen LogP contribution in [0.3, 0.4) is 0 Å². The average Bonchev–Trinajstić information content (AvgIpc) is 3.11. The Morgan fingerprint density at radius 1 is 1.04 bits per heavy atom. The summed E-state index contributed by atoms with van der Waals surface area (Å²) in [6, 6.07) is 19.0. The molecule has 0 aliphatic heterocycles. The van der Waals surface area contributed by atoms with E-state index in [1.807, 2.05) is 43.3 Å². The Morgan fingerprint density at radius 3 is 2.48 bits per heavy atom. The molecule has 0 aliphatic rings. The molecule has 0 fully saturated rings. The van der Waals surface area contributed by atoms with Crippen molar-refractivity contribution in [3.05, 3.63) is 72.0 Å². The fraction of sp³-hybridized carbons (Fsp3) is 0.273. The van der Waals surface area contributed by atoms with Crippen molar-refractivity contribution in [3.8, 4) is 0 Å². The molecular formula is C22H23NO4. The van der Waals surface area contributed by atoms with Gasteiger partial charge in [-0.15, -0.1) is 0 Å². The third-order valence-corrected chi connectivity index (χ3v) is 4.38. The standard InChI is InChI=1S/C22H23NO4/c1-15(12-13-17-8-4-3-5-9-17)23-21(24)16(2)26-22(25)20-14-18-10-6-7-11-19(18)27-20/h3-11,14-16H,12-13H2,1-2H3,(H,23,24)/t15-,16+/m1/s1. The summed E-state index contributed by atoms with van der Waals surface area (Å²) in [6.07, 6.45) is 0.778. The number of amides is 1. The van der Waals surface area contributed by atoms with Crippen LogP contribution in [0.15, 0.2) is 65.1 Å². The fourth-order valence-corrected chi connectivity index (χ4v) is 2.81. The van der Waals surface area contributed by atoms with Crippen LogP contribution in [0.25, 0.3) is 11.0 Å². The lowest BCUT2D eigenvalue weighted by Gasteiger charge is -2.17. The molecular weight excluding hydrogens is 342 g/mol. The van der Waals surface area contributed by atoms with Gasteiger partial charge >= 0.3 is 5.97 Å². The molecule has 0 aliphatic carbocycles. The van der Waals surface area contributed by atoms with Gasteiger partial charge in [0.2, 0.25) is 5.76 Å². The van der Waals surface area contributed by atoms with Crippen molar-refractivity contribution >= 4 is 22.8 Å². The van der Waals surface area contributed by atoms with E-state index in [-0.39, 0.29) is 17.7 Å². The predicted molar refractivity (Wildman–Crippen MR) is 103 cm³/mol. The van der Waals surface area contributed by atoms with Crippen LogP contribution in [0.5, 0.6) is 0 Å². The maximum absolute atomic E-state index is 12.3. The highest BCUT2D eigenvalue weighted by Gasteiger charge is 2.22. The summed E-state index contributed by atoms with van der Waals surface area (Å²) in [4.78, 5) is 24.5. The van der Waals surface area contributed by atoms with Gasteiger partial charge in [0, 0.05) is 11.4 Å². The van der Waals surface area contributed by atoms with E-state index in [9.17, 15) is 9.59 Å². The number of ether oxygens (including phenoxy) is 1. The molecule has 0 radical (unpaired) electrons. The highest BCUT2D eigenvalue weighted by molar-refractivity contribution is 5.94. The van der Waals surface area contributed by atoms with Crippen molar-refractivity contribution < 1.29 is 18.7 Å². The summed E-state index contributed by atoms with van der Waals surface area (Å²) in [5, 5.41) is 3.70. The first-order valence-electron chi connectivity index (χ1n) is 9.07. The molecule has 0 bridgehead atoms. The Hall–Kier alpha value is -3.08. The van der Waals surface area contributed by atoms with E-state index in [1.165, 1.54) is 5.56 Å². The largest absolute Gasteiger partial charge is 0.449 e. The number of para-hydroxylation sites is 1. The van der Waals surface area contributed by atoms with Crippen molar-refractivity contribution in [3.63, 3.8) is 0 Å². The SMILES string of the molecule is C[C@H](CCc1ccccc1)NC(=O)[C@H](C)OC(=O)c1cc2ccccc2o1. The Balaban J connectivity index is 1.49. The molecule has 0 spiro atoms. The molecule has 1 amide bonds. The molecule has 5 nitrogen and oxygen atoms in total. The Labute approximate surface area is 158 Å². The van der Waals surface area contributed by atoms with Gasteiger partial charge in [-0.1, -0.05) is 48.5 Å². The van der Waals surface area contributed by atoms with Gasteiger partial charge in [0.25, 0.3) is 5.91 Å². The predicted octanol–water partition coefficient (Wildman–Crippen LogP) is 4.12. The minimum absolute atomic E-state index is 0.0231. The number of esters is 1. The lowest BCUT2D eigenvalue weighted by Crippen LogP contribution is -2.41. The van der Waals surface area contributed by atoms with E-state index in [1.54, 1.807) is 19.1 Å². The molecule has 1 N–H and O–H groups in total. The van der Waals surface area contributed by atoms with E-state index in [0.717, 1.165) is 18.2 Å². The van der Waals surface area contributed by atoms with Crippen molar-refractivity contribution in [1.82, 2.24) is 5.32 Å². The monoisotopic (exact) mass is 365 g/mol. The van der Waals surface area contributed by atoms with Gasteiger partial charge in [0.05, 0.1) is 0 Å². The maximum atomic E-state index is 12.3. The molecule has 27 heavy (non-hydrogen) atoms. The van der Waals surface area contributed by atoms with E-state index in [0.29, 0.717) is 5.58 Å². The number of nitrogens with one attached hydrogen (secondary N) is 1. The van der Waals surface area contributed by atoms with Crippen LogP contribution >= 0.6 is 0 Å². The highest BCUT2D eigenvalue weighted by atomic mass is 16.6. The normalized spacial score (nSPS) is 13.1. The first kappa shape index (κ1) is 18.7. The number of aryl methyl sites for hydroxylation is 1. The molecule has 5 heteroatoms. The van der Waals surface area contributed by atoms with Gasteiger partial charge < -0.3 is 14.5 Å². The third-order valence-electron chi connectivity index (χ3n) is 4.38. The van der Waals surface area contributed by atoms with Crippen molar-refractivity contribution in [2.24, 2.45) is 0 Å². The molecule has 0 saturated heterocycles. The summed E-state index contributed by atoms with van der Waals surface area (Å²) in [5.41, 5.74) is 1.83. The first-order valence-corrected chi connectivity index (χ1v) is 9.07. The van der Waals surface area contributed by atoms with E-state index < -0.39 is 12.1 Å². The summed E-state index contributed by atoms with van der Waals surface area (Å²) in [6.45, 7) is 3.49. The van der Waals surface area contributed by atoms with Crippen LogP contribution in [0.4, 0.5) is 0 Å². The van der Waals surface area contributed by atoms with E-state index >= 15 is 0 Å². The lowest BCUT2D eigenvalue weighted by atomic mass is 10.1. The van der Waals surface area contributed by atoms with Gasteiger partial charge in [-0.3, -0.25) is 4.79 Å². The quantitative estimate of drug-likeness (QED) is 0.640. The number of rotatable bonds is 7. The van der Waals surface area contributed by atoms with Gasteiger partial charge in [0.15, 0.2) is 6.10 Å². The molecule has 2 aromatic carbocycles. The molecule has 2 atom stereocenters. The molecule has 140 valence electrons. The van der Waals surface area contributed by atoms with Gasteiger partial charge in [0.1, 0.15) is 5.58 Å². The van der Waals surface area contributed by atoms with Crippen molar-refractivity contribution in [2.45, 2.75) is 38.8 Å². The second-order valence-corrected chi connectivity index (χ2v) is 6.63. The Kier molecular flexibility index (Phi) is 5.91. The topological polar surface area (TPSA) is 68.5 Å². The lowest BCUT2D eigenvalue weighted by molar-refractivity contribution is -0.129. The molecule has 1 aromatic heterocycles. The zero-order valence-corrected chi connectivity index (χ0v) is 15.5.